The van der Waals surface area contributed by atoms with Crippen molar-refractivity contribution in [2.24, 2.45) is 0 Å². The number of thioether (sulfide) groups is 1. The average molecular weight is 518 g/mol. The lowest BCUT2D eigenvalue weighted by Crippen LogP contribution is -2.10. The number of thiazole rings is 1. The number of carboxylic acid groups (broad SMARTS) is 1. The Morgan fingerprint density at radius 3 is 2.68 bits per heavy atom. The maximum absolute atomic E-state index is 12.5. The van der Waals surface area contributed by atoms with Crippen LogP contribution in [0.4, 0.5) is 10.8 Å². The Morgan fingerprint density at radius 2 is 1.85 bits per heavy atom. The van der Waals surface area contributed by atoms with Crippen molar-refractivity contribution in [1.82, 2.24) is 4.98 Å². The Labute approximate surface area is 213 Å². The summed E-state index contributed by atoms with van der Waals surface area (Å²) in [7, 11) is 0. The number of carbonyl (C=O) groups excluding carboxylic acids is 1. The molecule has 0 saturated heterocycles. The van der Waals surface area contributed by atoms with Gasteiger partial charge in [-0.05, 0) is 36.4 Å². The van der Waals surface area contributed by atoms with Crippen LogP contribution in [0.3, 0.4) is 0 Å². The molecule has 34 heavy (non-hydrogen) atoms. The first kappa shape index (κ1) is 26.2. The van der Waals surface area contributed by atoms with E-state index >= 15 is 0 Å². The molecule has 9 heteroatoms. The number of aromatic nitrogens is 1. The monoisotopic (exact) mass is 517 g/mol. The van der Waals surface area contributed by atoms with Crippen LogP contribution in [0.15, 0.2) is 46.7 Å². The van der Waals surface area contributed by atoms with Gasteiger partial charge >= 0.3 is 5.97 Å². The second-order valence-corrected chi connectivity index (χ2v) is 11.1. The van der Waals surface area contributed by atoms with Crippen molar-refractivity contribution in [2.75, 3.05) is 16.4 Å². The van der Waals surface area contributed by atoms with Gasteiger partial charge < -0.3 is 10.4 Å². The average Bonchev–Trinajstić information content (AvgIpc) is 3.47. The first-order chi connectivity index (χ1) is 16.5. The predicted octanol–water partition coefficient (Wildman–Crippen LogP) is 7.15. The summed E-state index contributed by atoms with van der Waals surface area (Å²) < 4.78 is 0. The van der Waals surface area contributed by atoms with Crippen LogP contribution < -0.4 is 10.6 Å². The number of amides is 1. The molecule has 0 aliphatic rings. The molecule has 0 aliphatic heterocycles. The van der Waals surface area contributed by atoms with Gasteiger partial charge in [-0.1, -0.05) is 51.2 Å². The van der Waals surface area contributed by atoms with Crippen LogP contribution >= 0.6 is 34.4 Å². The van der Waals surface area contributed by atoms with Crippen LogP contribution in [0, 0.1) is 0 Å². The van der Waals surface area contributed by atoms with E-state index in [4.69, 9.17) is 5.11 Å². The van der Waals surface area contributed by atoms with Gasteiger partial charge in [0.05, 0.1) is 17.0 Å². The lowest BCUT2D eigenvalue weighted by atomic mass is 10.1. The molecule has 1 amide bonds. The van der Waals surface area contributed by atoms with E-state index in [1.165, 1.54) is 66.1 Å². The van der Waals surface area contributed by atoms with Crippen molar-refractivity contribution in [3.63, 3.8) is 0 Å². The summed E-state index contributed by atoms with van der Waals surface area (Å²) in [5, 5.41) is 17.2. The fourth-order valence-corrected chi connectivity index (χ4v) is 5.93. The largest absolute Gasteiger partial charge is 0.481 e. The summed E-state index contributed by atoms with van der Waals surface area (Å²) in [6.45, 7) is 2.89. The second kappa shape index (κ2) is 14.1. The number of nitrogens with zero attached hydrogens (tertiary/aromatic N) is 1. The summed E-state index contributed by atoms with van der Waals surface area (Å²) in [5.74, 6) is -0.0534. The van der Waals surface area contributed by atoms with E-state index in [0.29, 0.717) is 22.2 Å². The topological polar surface area (TPSA) is 91.3 Å². The number of thiophene rings is 1. The predicted molar refractivity (Wildman–Crippen MR) is 144 cm³/mol. The quantitative estimate of drug-likeness (QED) is 0.146. The van der Waals surface area contributed by atoms with Crippen LogP contribution in [0.2, 0.25) is 0 Å². The fourth-order valence-electron chi connectivity index (χ4n) is 3.34. The molecule has 0 aliphatic carbocycles. The lowest BCUT2D eigenvalue weighted by molar-refractivity contribution is -0.136. The molecule has 0 bridgehead atoms. The Balaban J connectivity index is 1.47. The summed E-state index contributed by atoms with van der Waals surface area (Å²) in [5.41, 5.74) is 1.56. The minimum absolute atomic E-state index is 0.153. The number of hydrogen-bond donors (Lipinski definition) is 3. The zero-order chi connectivity index (χ0) is 24.2. The SMILES string of the molecule is CCCCCCCCSc1ccccc1NCc1ccc(C(=O)Nc2nc(CC(=O)O)cs2)s1. The number of carboxylic acids is 1. The molecule has 0 saturated carbocycles. The van der Waals surface area contributed by atoms with Gasteiger partial charge in [0.25, 0.3) is 5.91 Å². The van der Waals surface area contributed by atoms with Gasteiger partial charge in [-0.3, -0.25) is 14.9 Å². The Kier molecular flexibility index (Phi) is 10.9. The highest BCUT2D eigenvalue weighted by Crippen LogP contribution is 2.29. The summed E-state index contributed by atoms with van der Waals surface area (Å²) in [6, 6.07) is 12.1. The first-order valence-electron chi connectivity index (χ1n) is 11.6. The summed E-state index contributed by atoms with van der Waals surface area (Å²) in [6.07, 6.45) is 7.67. The molecular weight excluding hydrogens is 486 g/mol. The van der Waals surface area contributed by atoms with Crippen LogP contribution in [0.5, 0.6) is 0 Å². The standard InChI is InChI=1S/C25H31N3O3S3/c1-2-3-4-5-6-9-14-32-21-11-8-7-10-20(21)26-16-19-12-13-22(34-19)24(31)28-25-27-18(17-33-25)15-23(29)30/h7-8,10-13,17,26H,2-6,9,14-16H2,1H3,(H,29,30)(H,27,28,31). The van der Waals surface area contributed by atoms with Gasteiger partial charge in [0.1, 0.15) is 0 Å². The first-order valence-corrected chi connectivity index (χ1v) is 14.2. The molecule has 0 spiro atoms. The highest BCUT2D eigenvalue weighted by atomic mass is 32.2. The molecular formula is C25H31N3O3S3. The number of anilines is 2. The van der Waals surface area contributed by atoms with Gasteiger partial charge in [0.15, 0.2) is 5.13 Å². The molecule has 3 rings (SSSR count). The van der Waals surface area contributed by atoms with Crippen LogP contribution in [0.1, 0.15) is 65.7 Å². The minimum atomic E-state index is -0.944. The van der Waals surface area contributed by atoms with E-state index in [2.05, 4.69) is 40.7 Å². The van der Waals surface area contributed by atoms with E-state index in [-0.39, 0.29) is 12.3 Å². The molecule has 0 radical (unpaired) electrons. The third-order valence-corrected chi connectivity index (χ3v) is 8.14. The summed E-state index contributed by atoms with van der Waals surface area (Å²) in [4.78, 5) is 30.4. The van der Waals surface area contributed by atoms with E-state index in [0.717, 1.165) is 16.3 Å². The number of para-hydroxylation sites is 1. The third-order valence-electron chi connectivity index (χ3n) is 5.09. The van der Waals surface area contributed by atoms with Crippen molar-refractivity contribution in [1.29, 1.82) is 0 Å². The molecule has 3 N–H and O–H groups in total. The number of nitrogens with one attached hydrogen (secondary N) is 2. The number of rotatable bonds is 15. The molecule has 182 valence electrons. The Hall–Kier alpha value is -2.36. The third kappa shape index (κ3) is 8.77. The smallest absolute Gasteiger partial charge is 0.309 e. The number of unbranched alkanes of at least 4 members (excludes halogenated alkanes) is 5. The van der Waals surface area contributed by atoms with Crippen molar-refractivity contribution in [2.45, 2.75) is 63.3 Å². The number of hydrogen-bond acceptors (Lipinski definition) is 7. The van der Waals surface area contributed by atoms with Crippen molar-refractivity contribution >= 4 is 57.1 Å². The zero-order valence-electron chi connectivity index (χ0n) is 19.3. The molecule has 0 atom stereocenters. The molecule has 0 unspecified atom stereocenters. The van der Waals surface area contributed by atoms with E-state index < -0.39 is 5.97 Å². The maximum atomic E-state index is 12.5. The fraction of sp³-hybridized carbons (Fsp3) is 0.400. The van der Waals surface area contributed by atoms with Crippen molar-refractivity contribution < 1.29 is 14.7 Å². The van der Waals surface area contributed by atoms with Gasteiger partial charge in [0.2, 0.25) is 0 Å². The second-order valence-electron chi connectivity index (χ2n) is 7.90. The number of benzene rings is 1. The Bertz CT molecular complexity index is 1060. The number of aliphatic carboxylic acids is 1. The molecule has 1 aromatic carbocycles. The van der Waals surface area contributed by atoms with Gasteiger partial charge in [-0.15, -0.1) is 34.4 Å². The zero-order valence-corrected chi connectivity index (χ0v) is 21.8. The van der Waals surface area contributed by atoms with Crippen LogP contribution in [-0.4, -0.2) is 27.7 Å². The highest BCUT2D eigenvalue weighted by Gasteiger charge is 2.13. The van der Waals surface area contributed by atoms with Crippen LogP contribution in [-0.2, 0) is 17.8 Å². The Morgan fingerprint density at radius 1 is 1.06 bits per heavy atom. The summed E-state index contributed by atoms with van der Waals surface area (Å²) >= 11 is 4.56. The van der Waals surface area contributed by atoms with Gasteiger partial charge in [-0.25, -0.2) is 4.98 Å². The van der Waals surface area contributed by atoms with E-state index in [1.54, 1.807) is 5.38 Å². The highest BCUT2D eigenvalue weighted by molar-refractivity contribution is 7.99. The normalized spacial score (nSPS) is 10.9. The molecule has 0 fully saturated rings. The van der Waals surface area contributed by atoms with E-state index in [1.807, 2.05) is 30.0 Å². The van der Waals surface area contributed by atoms with Gasteiger partial charge in [0, 0.05) is 27.4 Å². The maximum Gasteiger partial charge on any atom is 0.309 e. The van der Waals surface area contributed by atoms with Crippen LogP contribution in [0.25, 0.3) is 0 Å². The van der Waals surface area contributed by atoms with Crippen molar-refractivity contribution in [3.05, 3.63) is 57.2 Å². The lowest BCUT2D eigenvalue weighted by Gasteiger charge is -2.11. The van der Waals surface area contributed by atoms with Crippen molar-refractivity contribution in [3.8, 4) is 0 Å². The molecule has 2 aromatic heterocycles. The minimum Gasteiger partial charge on any atom is -0.481 e. The molecule has 3 aromatic rings. The van der Waals surface area contributed by atoms with Gasteiger partial charge in [-0.2, -0.15) is 0 Å². The molecule has 6 nitrogen and oxygen atoms in total. The number of carbonyl (C=O) groups is 2. The van der Waals surface area contributed by atoms with E-state index in [9.17, 15) is 9.59 Å². The molecule has 2 heterocycles.